The van der Waals surface area contributed by atoms with Gasteiger partial charge in [-0.1, -0.05) is 41.9 Å². The van der Waals surface area contributed by atoms with E-state index in [1.54, 1.807) is 6.07 Å². The molecular weight excluding hydrogens is 300 g/mol. The zero-order chi connectivity index (χ0) is 15.7. The monoisotopic (exact) mass is 312 g/mol. The van der Waals surface area contributed by atoms with Crippen LogP contribution in [0.1, 0.15) is 16.1 Å². The van der Waals surface area contributed by atoms with Crippen molar-refractivity contribution in [3.05, 3.63) is 70.9 Å². The number of hydrogen-bond donors (Lipinski definition) is 1. The van der Waals surface area contributed by atoms with Crippen LogP contribution in [0.15, 0.2) is 54.6 Å². The number of hydrogen-bond acceptors (Lipinski definition) is 2. The fraction of sp³-hybridized carbons (Fsp3) is 0.0588. The van der Waals surface area contributed by atoms with Crippen molar-refractivity contribution in [3.8, 4) is 16.9 Å². The summed E-state index contributed by atoms with van der Waals surface area (Å²) in [7, 11) is 0. The second-order valence-corrected chi connectivity index (χ2v) is 5.36. The van der Waals surface area contributed by atoms with Crippen LogP contribution < -0.4 is 0 Å². The Morgan fingerprint density at radius 1 is 1.14 bits per heavy atom. The van der Waals surface area contributed by atoms with Crippen LogP contribution in [-0.4, -0.2) is 20.9 Å². The predicted octanol–water partition coefficient (Wildman–Crippen LogP) is 4.20. The number of carbonyl (C=O) groups is 1. The summed E-state index contributed by atoms with van der Waals surface area (Å²) >= 11 is 6.17. The zero-order valence-electron chi connectivity index (χ0n) is 11.8. The van der Waals surface area contributed by atoms with Crippen LogP contribution in [0.3, 0.4) is 0 Å². The Labute approximate surface area is 132 Å². The summed E-state index contributed by atoms with van der Waals surface area (Å²) in [5, 5.41) is 14.4. The highest BCUT2D eigenvalue weighted by Gasteiger charge is 2.17. The minimum absolute atomic E-state index is 0.0977. The summed E-state index contributed by atoms with van der Waals surface area (Å²) in [5.41, 5.74) is 3.07. The van der Waals surface area contributed by atoms with Crippen LogP contribution in [0.2, 0.25) is 5.02 Å². The lowest BCUT2D eigenvalue weighted by Gasteiger charge is -2.05. The van der Waals surface area contributed by atoms with Gasteiger partial charge in [0.15, 0.2) is 5.69 Å². The molecule has 0 radical (unpaired) electrons. The Morgan fingerprint density at radius 2 is 1.91 bits per heavy atom. The van der Waals surface area contributed by atoms with Gasteiger partial charge < -0.3 is 5.11 Å². The molecule has 22 heavy (non-hydrogen) atoms. The number of halogens is 1. The number of carboxylic acids is 1. The molecular formula is C17H13ClN2O2. The Kier molecular flexibility index (Phi) is 3.69. The van der Waals surface area contributed by atoms with Crippen molar-refractivity contribution >= 4 is 17.6 Å². The fourth-order valence-corrected chi connectivity index (χ4v) is 2.52. The van der Waals surface area contributed by atoms with E-state index in [2.05, 4.69) is 5.10 Å². The highest BCUT2D eigenvalue weighted by Crippen LogP contribution is 2.28. The van der Waals surface area contributed by atoms with Crippen molar-refractivity contribution in [2.75, 3.05) is 0 Å². The van der Waals surface area contributed by atoms with Crippen LogP contribution in [0.4, 0.5) is 0 Å². The van der Waals surface area contributed by atoms with Gasteiger partial charge >= 0.3 is 5.97 Å². The molecule has 1 N–H and O–H groups in total. The van der Waals surface area contributed by atoms with E-state index in [1.807, 2.05) is 49.4 Å². The van der Waals surface area contributed by atoms with E-state index >= 15 is 0 Å². The summed E-state index contributed by atoms with van der Waals surface area (Å²) < 4.78 is 1.42. The van der Waals surface area contributed by atoms with Gasteiger partial charge in [0.25, 0.3) is 0 Å². The van der Waals surface area contributed by atoms with Crippen molar-refractivity contribution in [2.24, 2.45) is 0 Å². The molecule has 5 heteroatoms. The summed E-state index contributed by atoms with van der Waals surface area (Å²) in [4.78, 5) is 11.5. The molecule has 0 aliphatic carbocycles. The molecule has 2 aromatic carbocycles. The maximum atomic E-state index is 11.5. The third-order valence-electron chi connectivity index (χ3n) is 3.32. The molecule has 4 nitrogen and oxygen atoms in total. The lowest BCUT2D eigenvalue weighted by Crippen LogP contribution is -2.07. The molecule has 0 saturated carbocycles. The first-order valence-electron chi connectivity index (χ1n) is 6.71. The van der Waals surface area contributed by atoms with Gasteiger partial charge in [-0.2, -0.15) is 5.10 Å². The molecule has 0 saturated heterocycles. The maximum Gasteiger partial charge on any atom is 0.354 e. The molecule has 0 spiro atoms. The molecule has 110 valence electrons. The Morgan fingerprint density at radius 3 is 2.59 bits per heavy atom. The smallest absolute Gasteiger partial charge is 0.354 e. The molecule has 0 aliphatic rings. The third-order valence-corrected chi connectivity index (χ3v) is 3.65. The van der Waals surface area contributed by atoms with Crippen LogP contribution in [0, 0.1) is 6.92 Å². The zero-order valence-corrected chi connectivity index (χ0v) is 12.6. The standard InChI is InChI=1S/C17H13ClN2O2/c1-11-5-4-6-12(9-11)20-16(17(21)22)10-15(19-20)13-7-2-3-8-14(13)18/h2-10H,1H3,(H,21,22). The quantitative estimate of drug-likeness (QED) is 0.788. The van der Waals surface area contributed by atoms with Crippen molar-refractivity contribution in [1.82, 2.24) is 9.78 Å². The largest absolute Gasteiger partial charge is 0.477 e. The number of aryl methyl sites for hydroxylation is 1. The van der Waals surface area contributed by atoms with E-state index in [0.29, 0.717) is 22.0 Å². The Hall–Kier alpha value is -2.59. The van der Waals surface area contributed by atoms with Gasteiger partial charge in [0.05, 0.1) is 16.4 Å². The summed E-state index contributed by atoms with van der Waals surface area (Å²) in [6.45, 7) is 1.95. The third kappa shape index (κ3) is 2.61. The van der Waals surface area contributed by atoms with E-state index in [1.165, 1.54) is 10.7 Å². The molecule has 3 rings (SSSR count). The number of aromatic nitrogens is 2. The molecule has 0 atom stereocenters. The van der Waals surface area contributed by atoms with Gasteiger partial charge in [0.1, 0.15) is 0 Å². The summed E-state index contributed by atoms with van der Waals surface area (Å²) in [5.74, 6) is -1.03. The SMILES string of the molecule is Cc1cccc(-n2nc(-c3ccccc3Cl)cc2C(=O)O)c1. The second kappa shape index (κ2) is 5.66. The van der Waals surface area contributed by atoms with Gasteiger partial charge in [-0.15, -0.1) is 0 Å². The van der Waals surface area contributed by atoms with Crippen molar-refractivity contribution in [3.63, 3.8) is 0 Å². The van der Waals surface area contributed by atoms with Crippen LogP contribution in [0.25, 0.3) is 16.9 Å². The lowest BCUT2D eigenvalue weighted by atomic mass is 10.1. The van der Waals surface area contributed by atoms with Gasteiger partial charge in [0, 0.05) is 5.56 Å². The normalized spacial score (nSPS) is 10.6. The molecule has 1 heterocycles. The first-order valence-corrected chi connectivity index (χ1v) is 7.09. The second-order valence-electron chi connectivity index (χ2n) is 4.95. The van der Waals surface area contributed by atoms with E-state index in [4.69, 9.17) is 11.6 Å². The first-order chi connectivity index (χ1) is 10.6. The lowest BCUT2D eigenvalue weighted by molar-refractivity contribution is 0.0687. The molecule has 0 unspecified atom stereocenters. The van der Waals surface area contributed by atoms with Crippen molar-refractivity contribution in [1.29, 1.82) is 0 Å². The van der Waals surface area contributed by atoms with E-state index in [0.717, 1.165) is 5.56 Å². The minimum atomic E-state index is -1.03. The molecule has 3 aromatic rings. The maximum absolute atomic E-state index is 11.5. The number of carboxylic acid groups (broad SMARTS) is 1. The summed E-state index contributed by atoms with van der Waals surface area (Å²) in [6, 6.07) is 16.3. The average Bonchev–Trinajstić information content (AvgIpc) is 2.93. The molecule has 0 bridgehead atoms. The highest BCUT2D eigenvalue weighted by atomic mass is 35.5. The topological polar surface area (TPSA) is 55.1 Å². The van der Waals surface area contributed by atoms with Crippen LogP contribution >= 0.6 is 11.6 Å². The highest BCUT2D eigenvalue weighted by molar-refractivity contribution is 6.33. The molecule has 0 amide bonds. The van der Waals surface area contributed by atoms with E-state index < -0.39 is 5.97 Å². The number of rotatable bonds is 3. The first kappa shape index (κ1) is 14.4. The minimum Gasteiger partial charge on any atom is -0.477 e. The summed E-state index contributed by atoms with van der Waals surface area (Å²) in [6.07, 6.45) is 0. The average molecular weight is 313 g/mol. The molecule has 1 aromatic heterocycles. The fourth-order valence-electron chi connectivity index (χ4n) is 2.29. The van der Waals surface area contributed by atoms with Gasteiger partial charge in [0.2, 0.25) is 0 Å². The van der Waals surface area contributed by atoms with Gasteiger partial charge in [-0.05, 0) is 36.8 Å². The number of benzene rings is 2. The molecule has 0 aliphatic heterocycles. The number of nitrogens with zero attached hydrogens (tertiary/aromatic N) is 2. The van der Waals surface area contributed by atoms with Crippen molar-refractivity contribution < 1.29 is 9.90 Å². The van der Waals surface area contributed by atoms with E-state index in [-0.39, 0.29) is 5.69 Å². The Balaban J connectivity index is 2.19. The van der Waals surface area contributed by atoms with Gasteiger partial charge in [-0.25, -0.2) is 9.48 Å². The molecule has 0 fully saturated rings. The van der Waals surface area contributed by atoms with Gasteiger partial charge in [-0.3, -0.25) is 0 Å². The van der Waals surface area contributed by atoms with Crippen LogP contribution in [0.5, 0.6) is 0 Å². The van der Waals surface area contributed by atoms with Crippen LogP contribution in [-0.2, 0) is 0 Å². The Bertz CT molecular complexity index is 855. The van der Waals surface area contributed by atoms with Crippen molar-refractivity contribution in [2.45, 2.75) is 6.92 Å². The number of aromatic carboxylic acids is 1. The predicted molar refractivity (Wildman–Crippen MR) is 85.7 cm³/mol. The van der Waals surface area contributed by atoms with E-state index in [9.17, 15) is 9.90 Å².